The molecule has 0 saturated heterocycles. The molecule has 1 aromatic heterocycles. The van der Waals surface area contributed by atoms with Crippen molar-refractivity contribution in [3.63, 3.8) is 0 Å². The molecule has 4 aromatic rings. The van der Waals surface area contributed by atoms with Gasteiger partial charge in [0.1, 0.15) is 0 Å². The van der Waals surface area contributed by atoms with Crippen LogP contribution in [0.4, 0.5) is 5.69 Å². The van der Waals surface area contributed by atoms with Gasteiger partial charge in [-0.25, -0.2) is 0 Å². The number of anilines is 1. The third-order valence-corrected chi connectivity index (χ3v) is 10.1. The number of aryl methyl sites for hydroxylation is 1. The first kappa shape index (κ1) is 31.6. The molecule has 2 N–H and O–H groups in total. The van der Waals surface area contributed by atoms with E-state index in [2.05, 4.69) is 11.0 Å². The van der Waals surface area contributed by atoms with Gasteiger partial charge in [0, 0.05) is 22.9 Å². The molecule has 5 rings (SSSR count). The third-order valence-electron chi connectivity index (χ3n) is 7.15. The molecule has 0 bridgehead atoms. The maximum absolute atomic E-state index is 11.5. The zero-order valence-corrected chi connectivity index (χ0v) is 26.6. The topological polar surface area (TPSA) is 129 Å². The summed E-state index contributed by atoms with van der Waals surface area (Å²) in [4.78, 5) is 3.13. The number of rotatable bonds is 12. The van der Waals surface area contributed by atoms with Crippen molar-refractivity contribution >= 4 is 77.2 Å². The van der Waals surface area contributed by atoms with E-state index in [4.69, 9.17) is 20.6 Å². The van der Waals surface area contributed by atoms with Crippen molar-refractivity contribution in [1.29, 1.82) is 0 Å². The van der Waals surface area contributed by atoms with E-state index in [0.717, 1.165) is 37.5 Å². The van der Waals surface area contributed by atoms with Gasteiger partial charge in [0.2, 0.25) is 5.58 Å². The minimum Gasteiger partial charge on any atom is -0.398 e. The Morgan fingerprint density at radius 3 is 2.49 bits per heavy atom. The Balaban J connectivity index is 1.53. The van der Waals surface area contributed by atoms with Crippen LogP contribution in [0.3, 0.4) is 0 Å². The Kier molecular flexibility index (Phi) is 9.55. The molecule has 0 saturated carbocycles. The maximum Gasteiger partial charge on any atom is 0.374 e. The third kappa shape index (κ3) is 7.81. The molecular formula is C30H32ClN2O7S3+. The zero-order chi connectivity index (χ0) is 30.8. The molecule has 1 aliphatic rings. The van der Waals surface area contributed by atoms with E-state index in [0.29, 0.717) is 48.8 Å². The smallest absolute Gasteiger partial charge is 0.374 e. The Bertz CT molecular complexity index is 1950. The second-order valence-electron chi connectivity index (χ2n) is 10.3. The van der Waals surface area contributed by atoms with Crippen LogP contribution >= 0.6 is 23.4 Å². The number of aromatic nitrogens is 1. The van der Waals surface area contributed by atoms with Gasteiger partial charge < -0.3 is 9.32 Å². The average Bonchev–Trinajstić information content (AvgIpc) is 3.46. The molecule has 1 aliphatic heterocycles. The van der Waals surface area contributed by atoms with Gasteiger partial charge in [-0.1, -0.05) is 54.6 Å². The molecule has 0 atom stereocenters. The first-order chi connectivity index (χ1) is 20.4. The highest BCUT2D eigenvalue weighted by Crippen LogP contribution is 2.47. The number of oxazole rings is 1. The highest BCUT2D eigenvalue weighted by molar-refractivity contribution is 8.03. The molecule has 0 aliphatic carbocycles. The van der Waals surface area contributed by atoms with Gasteiger partial charge >= 0.3 is 5.89 Å². The minimum atomic E-state index is -4.12. The molecule has 0 fully saturated rings. The van der Waals surface area contributed by atoms with E-state index in [1.54, 1.807) is 11.8 Å². The van der Waals surface area contributed by atoms with E-state index in [-0.39, 0.29) is 17.9 Å². The molecular weight excluding hydrogens is 632 g/mol. The summed E-state index contributed by atoms with van der Waals surface area (Å²) in [5.74, 6) is -0.109. The number of benzene rings is 3. The number of allylic oxidation sites excluding steroid dienone is 2. The number of hydrogen-bond acceptors (Lipinski definition) is 7. The molecule has 3 aromatic carbocycles. The van der Waals surface area contributed by atoms with Crippen LogP contribution in [0.1, 0.15) is 38.5 Å². The Morgan fingerprint density at radius 1 is 1.00 bits per heavy atom. The van der Waals surface area contributed by atoms with E-state index in [1.165, 1.54) is 0 Å². The zero-order valence-electron chi connectivity index (χ0n) is 23.4. The van der Waals surface area contributed by atoms with Crippen LogP contribution in [-0.2, 0) is 26.8 Å². The lowest BCUT2D eigenvalue weighted by Gasteiger charge is -2.21. The van der Waals surface area contributed by atoms with Crippen LogP contribution in [0.5, 0.6) is 0 Å². The van der Waals surface area contributed by atoms with E-state index < -0.39 is 20.2 Å². The molecule has 228 valence electrons. The van der Waals surface area contributed by atoms with Crippen LogP contribution in [0.2, 0.25) is 5.02 Å². The van der Waals surface area contributed by atoms with Crippen LogP contribution in [0.15, 0.2) is 80.6 Å². The minimum absolute atomic E-state index is 0.202. The first-order valence-electron chi connectivity index (χ1n) is 13.8. The van der Waals surface area contributed by atoms with Crippen molar-refractivity contribution in [3.05, 3.63) is 82.2 Å². The standard InChI is InChI=1S/C30H31ClN2O7S3/c1-2-21(19-29-32(14-5-6-16-42(34,35)36)25-20-23(31)11-13-27(25)41-29)18-28-33(15-7-17-43(37,38)39)30-24-9-4-3-8-22(24)10-12-26(30)40-28/h3-4,8-13,18-20H,2,5-7,14-17H2,1H3,(H-,34,35,36,37,38,39)/p+1. The fourth-order valence-corrected chi connectivity index (χ4v) is 7.51. The molecule has 0 unspecified atom stereocenters. The SMILES string of the molecule is CCC(=C\c1oc2ccc3ccccc3c2[n+]1CCCS(=O)(=O)O)/C=C1/Sc2ccc(Cl)cc2N1CCCCS(=O)(=O)O. The largest absolute Gasteiger partial charge is 0.398 e. The van der Waals surface area contributed by atoms with Gasteiger partial charge in [-0.2, -0.15) is 21.4 Å². The number of halogens is 1. The molecule has 9 nitrogen and oxygen atoms in total. The van der Waals surface area contributed by atoms with Crippen molar-refractivity contribution in [2.75, 3.05) is 23.0 Å². The van der Waals surface area contributed by atoms with Crippen LogP contribution < -0.4 is 9.47 Å². The number of fused-ring (bicyclic) bond motifs is 4. The van der Waals surface area contributed by atoms with Crippen LogP contribution in [0, 0.1) is 0 Å². The van der Waals surface area contributed by atoms with Gasteiger partial charge in [-0.15, -0.1) is 0 Å². The van der Waals surface area contributed by atoms with Crippen LogP contribution in [0.25, 0.3) is 27.9 Å². The van der Waals surface area contributed by atoms with Gasteiger partial charge in [0.15, 0.2) is 6.54 Å². The second-order valence-corrected chi connectivity index (χ2v) is 14.9. The highest BCUT2D eigenvalue weighted by atomic mass is 35.5. The van der Waals surface area contributed by atoms with Gasteiger partial charge in [0.05, 0.1) is 33.7 Å². The lowest BCUT2D eigenvalue weighted by Crippen LogP contribution is -2.36. The molecule has 0 radical (unpaired) electrons. The number of hydrogen-bond donors (Lipinski definition) is 2. The fraction of sp³-hybridized carbons (Fsp3) is 0.300. The van der Waals surface area contributed by atoms with Crippen molar-refractivity contribution in [1.82, 2.24) is 0 Å². The van der Waals surface area contributed by atoms with Crippen molar-refractivity contribution in [2.45, 2.75) is 44.0 Å². The Labute approximate surface area is 260 Å². The van der Waals surface area contributed by atoms with Gasteiger partial charge in [-0.05, 0) is 66.6 Å². The fourth-order valence-electron chi connectivity index (χ4n) is 5.14. The summed E-state index contributed by atoms with van der Waals surface area (Å²) in [5, 5.41) is 3.53. The van der Waals surface area contributed by atoms with Crippen molar-refractivity contribution in [3.8, 4) is 0 Å². The molecule has 13 heteroatoms. The molecule has 0 spiro atoms. The summed E-state index contributed by atoms with van der Waals surface area (Å²) in [6.07, 6.45) is 5.74. The Morgan fingerprint density at radius 2 is 1.74 bits per heavy atom. The van der Waals surface area contributed by atoms with Crippen molar-refractivity contribution < 1.29 is 34.9 Å². The predicted octanol–water partition coefficient (Wildman–Crippen LogP) is 6.72. The van der Waals surface area contributed by atoms with Gasteiger partial charge in [0.25, 0.3) is 25.8 Å². The summed E-state index contributed by atoms with van der Waals surface area (Å²) in [6, 6.07) is 17.5. The second kappa shape index (κ2) is 13.0. The normalized spacial score (nSPS) is 15.2. The lowest BCUT2D eigenvalue weighted by molar-refractivity contribution is -0.677. The molecule has 2 heterocycles. The summed E-state index contributed by atoms with van der Waals surface area (Å²) in [5.41, 5.74) is 3.40. The summed E-state index contributed by atoms with van der Waals surface area (Å²) in [7, 11) is -8.15. The van der Waals surface area contributed by atoms with E-state index in [9.17, 15) is 21.4 Å². The summed E-state index contributed by atoms with van der Waals surface area (Å²) < 4.78 is 72.2. The summed E-state index contributed by atoms with van der Waals surface area (Å²) in [6.45, 7) is 2.88. The van der Waals surface area contributed by atoms with Crippen LogP contribution in [-0.4, -0.2) is 44.0 Å². The number of unbranched alkanes of at least 4 members (excludes halogenated alkanes) is 1. The van der Waals surface area contributed by atoms with Crippen molar-refractivity contribution in [2.24, 2.45) is 0 Å². The number of thioether (sulfide) groups is 1. The maximum atomic E-state index is 11.5. The van der Waals surface area contributed by atoms with Gasteiger partial charge in [-0.3, -0.25) is 9.11 Å². The van der Waals surface area contributed by atoms with E-state index >= 15 is 0 Å². The average molecular weight is 664 g/mol. The number of nitrogens with zero attached hydrogens (tertiary/aromatic N) is 2. The Hall–Kier alpha value is -2.87. The molecule has 43 heavy (non-hydrogen) atoms. The van der Waals surface area contributed by atoms with E-state index in [1.807, 2.05) is 72.2 Å². The highest BCUT2D eigenvalue weighted by Gasteiger charge is 2.27. The monoisotopic (exact) mass is 663 g/mol. The summed E-state index contributed by atoms with van der Waals surface area (Å²) >= 11 is 7.90. The molecule has 0 amide bonds. The first-order valence-corrected chi connectivity index (χ1v) is 18.2. The quantitative estimate of drug-likeness (QED) is 0.0964. The predicted molar refractivity (Wildman–Crippen MR) is 172 cm³/mol. The lowest BCUT2D eigenvalue weighted by atomic mass is 10.1.